The number of carbonyl (C=O) groups is 1. The summed E-state index contributed by atoms with van der Waals surface area (Å²) in [5.41, 5.74) is 0.414. The lowest BCUT2D eigenvalue weighted by molar-refractivity contribution is 0.0702. The molecule has 0 fully saturated rings. The monoisotopic (exact) mass is 299 g/mol. The number of aromatic nitrogens is 1. The lowest BCUT2D eigenvalue weighted by atomic mass is 10.1. The lowest BCUT2D eigenvalue weighted by Crippen LogP contribution is -2.29. The van der Waals surface area contributed by atoms with Gasteiger partial charge in [0.25, 0.3) is 0 Å². The first-order valence-corrected chi connectivity index (χ1v) is 8.16. The molecule has 2 heterocycles. The van der Waals surface area contributed by atoms with Crippen molar-refractivity contribution in [3.05, 3.63) is 28.9 Å². The molecular weight excluding hydrogens is 286 g/mol. The molecule has 0 spiro atoms. The highest BCUT2D eigenvalue weighted by molar-refractivity contribution is 7.91. The van der Waals surface area contributed by atoms with Crippen LogP contribution in [0.25, 0.3) is 10.1 Å². The van der Waals surface area contributed by atoms with Crippen LogP contribution < -0.4 is 0 Å². The van der Waals surface area contributed by atoms with Gasteiger partial charge in [0, 0.05) is 12.5 Å². The number of fused-ring (bicyclic) bond motifs is 1. The van der Waals surface area contributed by atoms with Crippen LogP contribution in [0.5, 0.6) is 0 Å². The maximum absolute atomic E-state index is 11.8. The van der Waals surface area contributed by atoms with Crippen molar-refractivity contribution in [1.29, 1.82) is 0 Å². The normalized spacial score (nSPS) is 12.8. The third-order valence-electron chi connectivity index (χ3n) is 3.16. The van der Waals surface area contributed by atoms with E-state index in [0.29, 0.717) is 11.1 Å². The summed E-state index contributed by atoms with van der Waals surface area (Å²) in [6, 6.07) is 3.17. The number of aromatic carboxylic acids is 1. The minimum Gasteiger partial charge on any atom is -0.477 e. The van der Waals surface area contributed by atoms with Gasteiger partial charge in [-0.3, -0.25) is 4.98 Å². The van der Waals surface area contributed by atoms with E-state index in [9.17, 15) is 13.2 Å². The molecule has 0 saturated carbocycles. The van der Waals surface area contributed by atoms with Gasteiger partial charge in [0.05, 0.1) is 10.4 Å². The molecular formula is C12H13NO4S2. The van der Waals surface area contributed by atoms with Gasteiger partial charge in [-0.1, -0.05) is 0 Å². The summed E-state index contributed by atoms with van der Waals surface area (Å²) < 4.78 is 23.2. The molecule has 1 N–H and O–H groups in total. The number of hydrogen-bond donors (Lipinski definition) is 1. The molecule has 5 nitrogen and oxygen atoms in total. The van der Waals surface area contributed by atoms with Crippen molar-refractivity contribution in [3.8, 4) is 0 Å². The largest absolute Gasteiger partial charge is 0.477 e. The number of rotatable bonds is 3. The van der Waals surface area contributed by atoms with Crippen LogP contribution in [0.4, 0.5) is 0 Å². The predicted molar refractivity (Wildman–Crippen MR) is 74.4 cm³/mol. The van der Waals surface area contributed by atoms with Crippen molar-refractivity contribution < 1.29 is 18.3 Å². The summed E-state index contributed by atoms with van der Waals surface area (Å²) in [6.45, 7) is 3.17. The Morgan fingerprint density at radius 1 is 1.37 bits per heavy atom. The van der Waals surface area contributed by atoms with Crippen molar-refractivity contribution >= 4 is 37.2 Å². The van der Waals surface area contributed by atoms with Gasteiger partial charge in [-0.05, 0) is 31.4 Å². The lowest BCUT2D eigenvalue weighted by Gasteiger charge is -2.21. The first-order chi connectivity index (χ1) is 8.63. The second-order valence-corrected chi connectivity index (χ2v) is 8.45. The van der Waals surface area contributed by atoms with Gasteiger partial charge in [0.1, 0.15) is 9.62 Å². The van der Waals surface area contributed by atoms with Crippen LogP contribution >= 0.6 is 11.3 Å². The molecule has 0 saturated heterocycles. The van der Waals surface area contributed by atoms with Crippen molar-refractivity contribution in [2.45, 2.75) is 18.6 Å². The van der Waals surface area contributed by atoms with Gasteiger partial charge in [0.2, 0.25) is 0 Å². The Kier molecular flexibility index (Phi) is 3.14. The van der Waals surface area contributed by atoms with Gasteiger partial charge in [0.15, 0.2) is 9.84 Å². The van der Waals surface area contributed by atoms with E-state index >= 15 is 0 Å². The predicted octanol–water partition coefficient (Wildman–Crippen LogP) is 2.27. The standard InChI is InChI=1S/C12H13NO4S2/c1-12(2,19(3,16)17)10-5-7-4-8(11(14)15)18-9(7)6-13-10/h4-6H,1-3H3,(H,14,15). The minimum atomic E-state index is -3.31. The number of thiophene rings is 1. The Labute approximate surface area is 114 Å². The number of pyridine rings is 1. The first kappa shape index (κ1) is 14.0. The third-order valence-corrected chi connectivity index (χ3v) is 6.30. The van der Waals surface area contributed by atoms with Crippen molar-refractivity contribution in [1.82, 2.24) is 4.98 Å². The molecule has 0 aliphatic rings. The number of hydrogen-bond acceptors (Lipinski definition) is 5. The Morgan fingerprint density at radius 2 is 2.00 bits per heavy atom. The molecule has 0 atom stereocenters. The molecule has 102 valence electrons. The molecule has 2 rings (SSSR count). The Bertz CT molecular complexity index is 759. The second kappa shape index (κ2) is 4.28. The van der Waals surface area contributed by atoms with E-state index in [1.165, 1.54) is 12.3 Å². The van der Waals surface area contributed by atoms with Gasteiger partial charge < -0.3 is 5.11 Å². The van der Waals surface area contributed by atoms with E-state index in [1.807, 2.05) is 0 Å². The molecule has 0 amide bonds. The molecule has 7 heteroatoms. The van der Waals surface area contributed by atoms with Crippen LogP contribution in [0.1, 0.15) is 29.2 Å². The average Bonchev–Trinajstić information content (AvgIpc) is 2.69. The van der Waals surface area contributed by atoms with Crippen LogP contribution in [-0.2, 0) is 14.6 Å². The number of carboxylic acids is 1. The maximum Gasteiger partial charge on any atom is 0.345 e. The SMILES string of the molecule is CC(C)(c1cc2cc(C(=O)O)sc2cn1)S(C)(=O)=O. The summed E-state index contributed by atoms with van der Waals surface area (Å²) in [5, 5.41) is 9.64. The van der Waals surface area contributed by atoms with Crippen molar-refractivity contribution in [3.63, 3.8) is 0 Å². The first-order valence-electron chi connectivity index (χ1n) is 5.46. The summed E-state index contributed by atoms with van der Waals surface area (Å²) >= 11 is 1.12. The van der Waals surface area contributed by atoms with Gasteiger partial charge in [-0.25, -0.2) is 13.2 Å². The highest BCUT2D eigenvalue weighted by Gasteiger charge is 2.34. The zero-order valence-corrected chi connectivity index (χ0v) is 12.3. The van der Waals surface area contributed by atoms with Gasteiger partial charge in [-0.15, -0.1) is 11.3 Å². The molecule has 2 aromatic rings. The molecule has 0 aliphatic heterocycles. The fourth-order valence-electron chi connectivity index (χ4n) is 1.57. The molecule has 19 heavy (non-hydrogen) atoms. The van der Waals surface area contributed by atoms with Gasteiger partial charge >= 0.3 is 5.97 Å². The zero-order valence-electron chi connectivity index (χ0n) is 10.7. The van der Waals surface area contributed by atoms with Crippen LogP contribution in [0.2, 0.25) is 0 Å². The van der Waals surface area contributed by atoms with Crippen LogP contribution in [0.15, 0.2) is 18.3 Å². The Morgan fingerprint density at radius 3 is 2.53 bits per heavy atom. The molecule has 0 unspecified atom stereocenters. The number of nitrogens with zero attached hydrogens (tertiary/aromatic N) is 1. The van der Waals surface area contributed by atoms with Crippen LogP contribution in [0, 0.1) is 0 Å². The quantitative estimate of drug-likeness (QED) is 0.939. The van der Waals surface area contributed by atoms with E-state index in [0.717, 1.165) is 22.3 Å². The Hall–Kier alpha value is -1.47. The average molecular weight is 299 g/mol. The third kappa shape index (κ3) is 2.35. The zero-order chi connectivity index (χ0) is 14.4. The summed E-state index contributed by atoms with van der Waals surface area (Å²) in [7, 11) is -3.31. The molecule has 0 aromatic carbocycles. The topological polar surface area (TPSA) is 84.3 Å². The second-order valence-electron chi connectivity index (χ2n) is 4.81. The molecule has 0 bridgehead atoms. The molecule has 0 radical (unpaired) electrons. The smallest absolute Gasteiger partial charge is 0.345 e. The van der Waals surface area contributed by atoms with Crippen LogP contribution in [-0.4, -0.2) is 30.7 Å². The number of carboxylic acid groups (broad SMARTS) is 1. The van der Waals surface area contributed by atoms with Crippen LogP contribution in [0.3, 0.4) is 0 Å². The molecule has 2 aromatic heterocycles. The minimum absolute atomic E-state index is 0.214. The maximum atomic E-state index is 11.8. The van der Waals surface area contributed by atoms with E-state index in [4.69, 9.17) is 5.11 Å². The van der Waals surface area contributed by atoms with E-state index in [1.54, 1.807) is 19.9 Å². The highest BCUT2D eigenvalue weighted by atomic mass is 32.2. The van der Waals surface area contributed by atoms with E-state index < -0.39 is 20.6 Å². The van der Waals surface area contributed by atoms with Crippen molar-refractivity contribution in [2.24, 2.45) is 0 Å². The Balaban J connectivity index is 2.62. The fraction of sp³-hybridized carbons (Fsp3) is 0.333. The van der Waals surface area contributed by atoms with E-state index in [-0.39, 0.29) is 4.88 Å². The van der Waals surface area contributed by atoms with Crippen molar-refractivity contribution in [2.75, 3.05) is 6.26 Å². The summed E-state index contributed by atoms with van der Waals surface area (Å²) in [6.07, 6.45) is 2.68. The fourth-order valence-corrected chi connectivity index (χ4v) is 2.91. The van der Waals surface area contributed by atoms with Gasteiger partial charge in [-0.2, -0.15) is 0 Å². The highest BCUT2D eigenvalue weighted by Crippen LogP contribution is 2.32. The number of sulfone groups is 1. The molecule has 0 aliphatic carbocycles. The summed E-state index contributed by atoms with van der Waals surface area (Å²) in [5.74, 6) is -0.995. The summed E-state index contributed by atoms with van der Waals surface area (Å²) in [4.78, 5) is 15.3. The van der Waals surface area contributed by atoms with E-state index in [2.05, 4.69) is 4.98 Å².